The van der Waals surface area contributed by atoms with Gasteiger partial charge in [0, 0.05) is 55.9 Å². The predicted octanol–water partition coefficient (Wildman–Crippen LogP) is 7.32. The lowest BCUT2D eigenvalue weighted by Gasteiger charge is -2.15. The van der Waals surface area contributed by atoms with E-state index < -0.39 is 43.2 Å². The van der Waals surface area contributed by atoms with Crippen LogP contribution in [-0.4, -0.2) is 84.9 Å². The number of nitrogens with zero attached hydrogens (tertiary/aromatic N) is 5. The van der Waals surface area contributed by atoms with Gasteiger partial charge in [0.2, 0.25) is 11.8 Å². The summed E-state index contributed by atoms with van der Waals surface area (Å²) in [4.78, 5) is 56.6. The van der Waals surface area contributed by atoms with E-state index in [1.807, 2.05) is 59.2 Å². The Kier molecular flexibility index (Phi) is 17.0. The smallest absolute Gasteiger partial charge is 0.414 e. The number of amides is 4. The van der Waals surface area contributed by atoms with Crippen molar-refractivity contribution < 1.29 is 43.2 Å². The van der Waals surface area contributed by atoms with Crippen LogP contribution in [0.2, 0.25) is 0 Å². The molecule has 19 heteroatoms. The highest BCUT2D eigenvalue weighted by Gasteiger charge is 2.34. The first-order valence-corrected chi connectivity index (χ1v) is 20.6. The lowest BCUT2D eigenvalue weighted by Crippen LogP contribution is -2.33. The quantitative estimate of drug-likeness (QED) is 0.0981. The van der Waals surface area contributed by atoms with E-state index in [1.54, 1.807) is 42.9 Å². The van der Waals surface area contributed by atoms with Crippen molar-refractivity contribution in [2.45, 2.75) is 44.9 Å². The monoisotopic (exact) mass is 916 g/mol. The number of hydrogen-bond acceptors (Lipinski definition) is 10. The summed E-state index contributed by atoms with van der Waals surface area (Å²) in [6, 6.07) is 24.1. The number of anilines is 3. The van der Waals surface area contributed by atoms with E-state index in [2.05, 4.69) is 20.6 Å². The summed E-state index contributed by atoms with van der Waals surface area (Å²) in [6.45, 7) is 4.29. The number of alkyl halides is 2. The maximum atomic E-state index is 14.9. The Morgan fingerprint density at radius 3 is 1.63 bits per heavy atom. The summed E-state index contributed by atoms with van der Waals surface area (Å²) in [7, 11) is -1.00. The molecule has 0 aliphatic carbocycles. The Balaban J connectivity index is 0.000000210. The molecule has 1 aromatic heterocycles. The second kappa shape index (κ2) is 23.4. The van der Waals surface area contributed by atoms with Crippen molar-refractivity contribution in [3.8, 4) is 22.3 Å². The number of aliphatic imine (C=N–C) groups is 1. The van der Waals surface area contributed by atoms with Crippen LogP contribution in [0, 0.1) is 11.6 Å². The predicted molar refractivity (Wildman–Crippen MR) is 244 cm³/mol. The van der Waals surface area contributed by atoms with Crippen molar-refractivity contribution in [2.75, 3.05) is 48.9 Å². The van der Waals surface area contributed by atoms with Gasteiger partial charge in [-0.3, -0.25) is 23.8 Å². The zero-order valence-electron chi connectivity index (χ0n) is 36.6. The van der Waals surface area contributed by atoms with Crippen molar-refractivity contribution in [1.82, 2.24) is 20.2 Å². The van der Waals surface area contributed by atoms with Crippen LogP contribution in [0.5, 0.6) is 0 Å². The molecule has 0 bridgehead atoms. The molecule has 0 saturated carbocycles. The van der Waals surface area contributed by atoms with E-state index in [1.165, 1.54) is 35.8 Å². The molecule has 0 radical (unpaired) electrons. The lowest BCUT2D eigenvalue weighted by molar-refractivity contribution is -0.120. The minimum atomic E-state index is -1.00. The first-order valence-electron chi connectivity index (χ1n) is 20.8. The number of cyclic esters (lactones) is 2. The van der Waals surface area contributed by atoms with Gasteiger partial charge in [-0.15, -0.1) is 11.6 Å². The van der Waals surface area contributed by atoms with Crippen molar-refractivity contribution in [1.29, 1.82) is 0 Å². The number of aromatic nitrogens is 2. The van der Waals surface area contributed by atoms with Crippen LogP contribution in [0.15, 0.2) is 115 Å². The maximum Gasteiger partial charge on any atom is 0.414 e. The van der Waals surface area contributed by atoms with Gasteiger partial charge in [0.05, 0.1) is 52.6 Å². The number of imidazole rings is 1. The average molecular weight is 917 g/mol. The van der Waals surface area contributed by atoms with Crippen molar-refractivity contribution in [2.24, 2.45) is 10.7 Å². The molecule has 3 aliphatic heterocycles. The SMILES string of the molecule is CC(=O)NC[C@H]1CN(c2ccc(-c3ccc(CCl)cc3)c(F)c2)C(=O)O1.CC(=O)NC[C@H]1CN(c2ccc(-c3ccc(Cn4ccnc4N)cc3)c(F)c2)C(=O)O1.NC1=NC=CC1.[2H]CF. The highest BCUT2D eigenvalue weighted by Crippen LogP contribution is 2.31. The number of hydrogen-bond donors (Lipinski definition) is 4. The maximum absolute atomic E-state index is 14.9. The van der Waals surface area contributed by atoms with Crippen LogP contribution in [-0.2, 0) is 31.5 Å². The van der Waals surface area contributed by atoms with Crippen LogP contribution >= 0.6 is 11.6 Å². The number of halogens is 4. The van der Waals surface area contributed by atoms with Crippen LogP contribution in [0.25, 0.3) is 22.3 Å². The fraction of sp³-hybridized carbons (Fsp3) is 0.261. The molecular weight excluding hydrogens is 867 g/mol. The Morgan fingerprint density at radius 2 is 1.28 bits per heavy atom. The molecule has 0 spiro atoms. The molecule has 2 atom stereocenters. The number of nitrogens with two attached hydrogens (primary N) is 2. The molecule has 5 aromatic rings. The molecule has 15 nitrogen and oxygen atoms in total. The van der Waals surface area contributed by atoms with Gasteiger partial charge < -0.3 is 36.1 Å². The fourth-order valence-corrected chi connectivity index (χ4v) is 6.79. The van der Waals surface area contributed by atoms with Crippen molar-refractivity contribution in [3.63, 3.8) is 0 Å². The Hall–Kier alpha value is -7.34. The number of nitrogen functional groups attached to an aromatic ring is 1. The van der Waals surface area contributed by atoms with Gasteiger partial charge in [0.1, 0.15) is 29.7 Å². The minimum absolute atomic E-state index is 0.199. The normalized spacial score (nSPS) is 16.1. The average Bonchev–Trinajstić information content (AvgIpc) is 4.12. The van der Waals surface area contributed by atoms with Gasteiger partial charge in [0.25, 0.3) is 0 Å². The van der Waals surface area contributed by atoms with Gasteiger partial charge in [-0.1, -0.05) is 54.6 Å². The van der Waals surface area contributed by atoms with E-state index >= 15 is 0 Å². The Morgan fingerprint density at radius 1 is 0.800 bits per heavy atom. The van der Waals surface area contributed by atoms with Gasteiger partial charge in [-0.25, -0.2) is 28.3 Å². The molecule has 65 heavy (non-hydrogen) atoms. The largest absolute Gasteiger partial charge is 0.442 e. The summed E-state index contributed by atoms with van der Waals surface area (Å²) in [5.41, 5.74) is 16.1. The molecule has 0 unspecified atom stereocenters. The first-order chi connectivity index (χ1) is 31.7. The third-order valence-electron chi connectivity index (χ3n) is 9.89. The molecule has 4 aromatic carbocycles. The number of carbonyl (C=O) groups is 4. The second-order valence-corrected chi connectivity index (χ2v) is 14.9. The molecule has 342 valence electrons. The first kappa shape index (κ1) is 47.1. The third kappa shape index (κ3) is 13.6. The van der Waals surface area contributed by atoms with Gasteiger partial charge in [0.15, 0.2) is 5.95 Å². The van der Waals surface area contributed by atoms with Crippen LogP contribution < -0.4 is 31.9 Å². The molecule has 2 fully saturated rings. The van der Waals surface area contributed by atoms with Crippen molar-refractivity contribution in [3.05, 3.63) is 132 Å². The van der Waals surface area contributed by atoms with E-state index in [-0.39, 0.29) is 38.0 Å². The van der Waals surface area contributed by atoms with Crippen molar-refractivity contribution >= 4 is 58.8 Å². The Bertz CT molecular complexity index is 2530. The summed E-state index contributed by atoms with van der Waals surface area (Å²) in [5, 5.41) is 5.22. The highest BCUT2D eigenvalue weighted by molar-refractivity contribution is 6.17. The minimum Gasteiger partial charge on any atom is -0.442 e. The standard InChI is InChI=1S/C22H22FN5O3.C19H18ClFN2O3.C4H6N2.CH3F/c1-14(29)26-11-18-13-28(22(30)31-18)17-6-7-19(20(23)10-17)16-4-2-15(3-5-16)12-27-9-8-25-21(27)24;1-12(24)22-10-16-11-23(19(25)26-16)15-6-7-17(18(21)8-15)14-4-2-13(9-20)3-5-14;5-4-2-1-3-6-4;1-2/h2-10,18H,11-13H2,1H3,(H2,24,25)(H,26,29);2-8,16H,9-11H2,1H3,(H,22,24);1,3H,2H2,(H2,5,6);1H3/t18-;16-;;/m00../s1/i;;;1D. The van der Waals surface area contributed by atoms with Crippen LogP contribution in [0.4, 0.5) is 40.1 Å². The van der Waals surface area contributed by atoms with Crippen LogP contribution in [0.1, 0.15) is 32.8 Å². The zero-order chi connectivity index (χ0) is 47.8. The zero-order valence-corrected chi connectivity index (χ0v) is 36.3. The Labute approximate surface area is 380 Å². The van der Waals surface area contributed by atoms with Gasteiger partial charge in [-0.05, 0) is 58.7 Å². The van der Waals surface area contributed by atoms with E-state index in [4.69, 9.17) is 33.9 Å². The van der Waals surface area contributed by atoms with Gasteiger partial charge in [-0.2, -0.15) is 0 Å². The fourth-order valence-electron chi connectivity index (χ4n) is 6.61. The molecule has 4 amide bonds. The molecule has 2 saturated heterocycles. The van der Waals surface area contributed by atoms with E-state index in [0.717, 1.165) is 34.5 Å². The summed E-state index contributed by atoms with van der Waals surface area (Å²) in [5.74, 6) is 0.278. The summed E-state index contributed by atoms with van der Waals surface area (Å²) >= 11 is 5.77. The number of rotatable bonds is 11. The number of benzene rings is 4. The number of amidine groups is 1. The molecule has 8 rings (SSSR count). The number of nitrogens with one attached hydrogen (secondary N) is 2. The van der Waals surface area contributed by atoms with Gasteiger partial charge >= 0.3 is 12.2 Å². The molecular formula is C46H49ClF3N9O6. The van der Waals surface area contributed by atoms with Crippen LogP contribution in [0.3, 0.4) is 0 Å². The molecule has 3 aliphatic rings. The third-order valence-corrected chi connectivity index (χ3v) is 10.2. The topological polar surface area (TPSA) is 200 Å². The number of ether oxygens (including phenoxy) is 2. The molecule has 6 N–H and O–H groups in total. The summed E-state index contributed by atoms with van der Waals surface area (Å²) < 4.78 is 57.2. The highest BCUT2D eigenvalue weighted by atomic mass is 35.5. The lowest BCUT2D eigenvalue weighted by atomic mass is 10.0. The number of carbonyl (C=O) groups excluding carboxylic acids is 4. The summed E-state index contributed by atoms with van der Waals surface area (Å²) in [6.07, 6.45) is 5.85. The molecule has 4 heterocycles. The van der Waals surface area contributed by atoms with E-state index in [0.29, 0.717) is 40.9 Å². The van der Waals surface area contributed by atoms with E-state index in [9.17, 15) is 32.3 Å². The second-order valence-electron chi connectivity index (χ2n) is 14.6.